The maximum atomic E-state index is 10.0. The molecule has 0 aromatic heterocycles. The zero-order chi connectivity index (χ0) is 18.8. The molecule has 0 N–H and O–H groups in total. The van der Waals surface area contributed by atoms with Gasteiger partial charge in [-0.05, 0) is 39.5 Å². The SMILES string of the molecule is CC(=O)CC(C)=O.CCCC[N+](CCCC)(CCCC)CCCC.[F-]. The van der Waals surface area contributed by atoms with Gasteiger partial charge in [0.15, 0.2) is 0 Å². The van der Waals surface area contributed by atoms with Gasteiger partial charge >= 0.3 is 0 Å². The Labute approximate surface area is 156 Å². The lowest BCUT2D eigenvalue weighted by Crippen LogP contribution is -3.00. The molecule has 0 aliphatic heterocycles. The van der Waals surface area contributed by atoms with Crippen LogP contribution in [0.3, 0.4) is 0 Å². The highest BCUT2D eigenvalue weighted by molar-refractivity contribution is 5.96. The van der Waals surface area contributed by atoms with Crippen LogP contribution in [-0.2, 0) is 9.59 Å². The summed E-state index contributed by atoms with van der Waals surface area (Å²) in [7, 11) is 0. The smallest absolute Gasteiger partial charge is 0.137 e. The van der Waals surface area contributed by atoms with Crippen LogP contribution < -0.4 is 4.70 Å². The number of unbranched alkanes of at least 4 members (excludes halogenated alkanes) is 4. The van der Waals surface area contributed by atoms with E-state index in [0.29, 0.717) is 0 Å². The molecule has 0 aliphatic carbocycles. The maximum Gasteiger partial charge on any atom is 0.137 e. The number of ketones is 2. The Balaban J connectivity index is -0.000000513. The first-order chi connectivity index (χ1) is 11.4. The summed E-state index contributed by atoms with van der Waals surface area (Å²) in [5.74, 6) is -0.125. The summed E-state index contributed by atoms with van der Waals surface area (Å²) in [4.78, 5) is 20.1. The summed E-state index contributed by atoms with van der Waals surface area (Å²) in [6.07, 6.45) is 11.1. The highest BCUT2D eigenvalue weighted by Gasteiger charge is 2.24. The second-order valence-corrected chi connectivity index (χ2v) is 7.23. The first-order valence-corrected chi connectivity index (χ1v) is 10.2. The highest BCUT2D eigenvalue weighted by atomic mass is 19.0. The minimum atomic E-state index is -0.0625. The first-order valence-electron chi connectivity index (χ1n) is 10.2. The van der Waals surface area contributed by atoms with Crippen molar-refractivity contribution in [2.45, 2.75) is 99.3 Å². The van der Waals surface area contributed by atoms with Crippen LogP contribution in [0.1, 0.15) is 99.3 Å². The number of rotatable bonds is 14. The fraction of sp³-hybridized carbons (Fsp3) is 0.905. The van der Waals surface area contributed by atoms with Crippen LogP contribution in [0.15, 0.2) is 0 Å². The lowest BCUT2D eigenvalue weighted by Gasteiger charge is -2.39. The Morgan fingerprint density at radius 2 is 0.840 bits per heavy atom. The minimum Gasteiger partial charge on any atom is -1.00 e. The standard InChI is InChI=1S/C16H36N.C5H8O2.FH/c1-5-9-13-17(14-10-6-2,15-11-7-3)16-12-8-4;1-4(6)3-5(2)7;/h5-16H2,1-4H3;3H2,1-2H3;1H/q+1;;/p-1. The molecule has 0 saturated carbocycles. The van der Waals surface area contributed by atoms with Gasteiger partial charge in [0, 0.05) is 0 Å². The number of quaternary nitrogens is 1. The average molecular weight is 362 g/mol. The fourth-order valence-corrected chi connectivity index (χ4v) is 3.00. The second-order valence-electron chi connectivity index (χ2n) is 7.23. The topological polar surface area (TPSA) is 34.1 Å². The lowest BCUT2D eigenvalue weighted by atomic mass is 10.1. The molecular formula is C21H44FNO2. The van der Waals surface area contributed by atoms with E-state index in [1.807, 2.05) is 0 Å². The van der Waals surface area contributed by atoms with E-state index < -0.39 is 0 Å². The molecule has 25 heavy (non-hydrogen) atoms. The molecule has 0 spiro atoms. The zero-order valence-corrected chi connectivity index (χ0v) is 17.8. The van der Waals surface area contributed by atoms with Gasteiger partial charge in [0.25, 0.3) is 0 Å². The molecule has 3 nitrogen and oxygen atoms in total. The molecule has 0 amide bonds. The van der Waals surface area contributed by atoms with Crippen LogP contribution in [0.2, 0.25) is 0 Å². The van der Waals surface area contributed by atoms with Gasteiger partial charge in [0.1, 0.15) is 11.6 Å². The number of carbonyl (C=O) groups is 2. The Hall–Kier alpha value is -0.770. The molecule has 0 unspecified atom stereocenters. The molecule has 0 fully saturated rings. The molecule has 0 aliphatic rings. The number of hydrogen-bond acceptors (Lipinski definition) is 2. The van der Waals surface area contributed by atoms with Gasteiger partial charge in [0.2, 0.25) is 0 Å². The second kappa shape index (κ2) is 19.6. The van der Waals surface area contributed by atoms with Gasteiger partial charge in [-0.15, -0.1) is 0 Å². The third-order valence-corrected chi connectivity index (χ3v) is 4.44. The fourth-order valence-electron chi connectivity index (χ4n) is 3.00. The van der Waals surface area contributed by atoms with Gasteiger partial charge in [-0.3, -0.25) is 9.59 Å². The van der Waals surface area contributed by atoms with E-state index >= 15 is 0 Å². The largest absolute Gasteiger partial charge is 1.00 e. The number of carbonyl (C=O) groups excluding carboxylic acids is 2. The summed E-state index contributed by atoms with van der Waals surface area (Å²) in [6, 6.07) is 0. The molecule has 0 aromatic rings. The molecule has 0 bridgehead atoms. The zero-order valence-electron chi connectivity index (χ0n) is 17.8. The predicted octanol–water partition coefficient (Wildman–Crippen LogP) is 2.56. The van der Waals surface area contributed by atoms with Gasteiger partial charge in [0.05, 0.1) is 32.6 Å². The summed E-state index contributed by atoms with van der Waals surface area (Å²) in [5, 5.41) is 0. The third-order valence-electron chi connectivity index (χ3n) is 4.44. The van der Waals surface area contributed by atoms with Crippen molar-refractivity contribution in [3.8, 4) is 0 Å². The average Bonchev–Trinajstić information content (AvgIpc) is 2.53. The van der Waals surface area contributed by atoms with Crippen molar-refractivity contribution in [2.24, 2.45) is 0 Å². The quantitative estimate of drug-likeness (QED) is 0.352. The number of nitrogens with zero attached hydrogens (tertiary/aromatic N) is 1. The van der Waals surface area contributed by atoms with Crippen molar-refractivity contribution >= 4 is 11.6 Å². The van der Waals surface area contributed by atoms with Crippen LogP contribution >= 0.6 is 0 Å². The Bertz CT molecular complexity index is 270. The Morgan fingerprint density at radius 1 is 0.600 bits per heavy atom. The molecule has 0 saturated heterocycles. The molecule has 0 heterocycles. The molecular weight excluding hydrogens is 317 g/mol. The van der Waals surface area contributed by atoms with Crippen LogP contribution in [0.4, 0.5) is 0 Å². The number of hydrogen-bond donors (Lipinski definition) is 0. The lowest BCUT2D eigenvalue weighted by molar-refractivity contribution is -0.929. The molecule has 4 heteroatoms. The Kier molecular flexibility index (Phi) is 22.7. The molecule has 0 rings (SSSR count). The molecule has 0 atom stereocenters. The van der Waals surface area contributed by atoms with Crippen molar-refractivity contribution in [1.82, 2.24) is 0 Å². The first kappa shape index (κ1) is 29.0. The van der Waals surface area contributed by atoms with Gasteiger partial charge < -0.3 is 9.19 Å². The van der Waals surface area contributed by atoms with E-state index in [1.165, 1.54) is 95.9 Å². The van der Waals surface area contributed by atoms with Gasteiger partial charge in [-0.1, -0.05) is 53.4 Å². The van der Waals surface area contributed by atoms with Gasteiger partial charge in [-0.2, -0.15) is 0 Å². The van der Waals surface area contributed by atoms with Crippen LogP contribution in [-0.4, -0.2) is 42.2 Å². The van der Waals surface area contributed by atoms with Crippen molar-refractivity contribution in [2.75, 3.05) is 26.2 Å². The summed E-state index contributed by atoms with van der Waals surface area (Å²) < 4.78 is 1.42. The van der Waals surface area contributed by atoms with E-state index in [4.69, 9.17) is 0 Å². The van der Waals surface area contributed by atoms with Gasteiger partial charge in [-0.25, -0.2) is 0 Å². The van der Waals surface area contributed by atoms with E-state index in [2.05, 4.69) is 27.7 Å². The van der Waals surface area contributed by atoms with Crippen LogP contribution in [0.5, 0.6) is 0 Å². The number of halogens is 1. The monoisotopic (exact) mass is 361 g/mol. The summed E-state index contributed by atoms with van der Waals surface area (Å²) in [6.45, 7) is 17.8. The van der Waals surface area contributed by atoms with E-state index in [0.717, 1.165) is 0 Å². The van der Waals surface area contributed by atoms with E-state index in [9.17, 15) is 9.59 Å². The molecule has 152 valence electrons. The molecule has 0 radical (unpaired) electrons. The summed E-state index contributed by atoms with van der Waals surface area (Å²) >= 11 is 0. The van der Waals surface area contributed by atoms with Crippen molar-refractivity contribution in [3.63, 3.8) is 0 Å². The number of Topliss-reactive ketones (excluding diaryl/α,β-unsaturated/α-hetero) is 2. The molecule has 0 aromatic carbocycles. The highest BCUT2D eigenvalue weighted by Crippen LogP contribution is 2.16. The van der Waals surface area contributed by atoms with E-state index in [1.54, 1.807) is 0 Å². The van der Waals surface area contributed by atoms with E-state index in [-0.39, 0.29) is 22.7 Å². The van der Waals surface area contributed by atoms with Crippen molar-refractivity contribution < 1.29 is 18.8 Å². The predicted molar refractivity (Wildman–Crippen MR) is 105 cm³/mol. The van der Waals surface area contributed by atoms with Crippen LogP contribution in [0, 0.1) is 0 Å². The van der Waals surface area contributed by atoms with Crippen molar-refractivity contribution in [3.05, 3.63) is 0 Å². The normalized spacial score (nSPS) is 10.5. The maximum absolute atomic E-state index is 10.0. The Morgan fingerprint density at radius 3 is 0.960 bits per heavy atom. The summed E-state index contributed by atoms with van der Waals surface area (Å²) in [5.41, 5.74) is 0. The van der Waals surface area contributed by atoms with Crippen LogP contribution in [0.25, 0.3) is 0 Å². The third kappa shape index (κ3) is 19.4. The minimum absolute atomic E-state index is 0. The van der Waals surface area contributed by atoms with Crippen molar-refractivity contribution in [1.29, 1.82) is 0 Å².